The molecule has 3 heteroatoms. The fourth-order valence-electron chi connectivity index (χ4n) is 1.62. The average Bonchev–Trinajstić information content (AvgIpc) is 2.30. The van der Waals surface area contributed by atoms with Gasteiger partial charge in [-0.25, -0.2) is 0 Å². The van der Waals surface area contributed by atoms with Gasteiger partial charge in [0.05, 0.1) is 13.2 Å². The van der Waals surface area contributed by atoms with E-state index in [9.17, 15) is 0 Å². The quantitative estimate of drug-likeness (QED) is 0.782. The van der Waals surface area contributed by atoms with Gasteiger partial charge in [-0.05, 0) is 18.0 Å². The number of hydrogen-bond acceptors (Lipinski definition) is 2. The molecule has 0 saturated carbocycles. The number of hydrogen-bond donors (Lipinski definition) is 0. The van der Waals surface area contributed by atoms with E-state index in [1.165, 1.54) is 11.1 Å². The van der Waals surface area contributed by atoms with Crippen LogP contribution >= 0.6 is 0 Å². The Kier molecular flexibility index (Phi) is 5.81. The van der Waals surface area contributed by atoms with Crippen LogP contribution in [0.3, 0.4) is 0 Å². The van der Waals surface area contributed by atoms with Crippen LogP contribution in [0.2, 0.25) is 0 Å². The van der Waals surface area contributed by atoms with Crippen molar-refractivity contribution in [3.05, 3.63) is 35.7 Å². The van der Waals surface area contributed by atoms with Gasteiger partial charge >= 0.3 is 0 Å². The summed E-state index contributed by atoms with van der Waals surface area (Å²) in [5, 5.41) is 0. The minimum atomic E-state index is 0. The van der Waals surface area contributed by atoms with Gasteiger partial charge in [0.2, 0.25) is 0 Å². The molecule has 2 nitrogen and oxygen atoms in total. The van der Waals surface area contributed by atoms with E-state index in [0.717, 1.165) is 18.7 Å². The molecular formula is C13H16NOY-. The molecule has 16 heavy (non-hydrogen) atoms. The van der Waals surface area contributed by atoms with E-state index in [-0.39, 0.29) is 32.7 Å². The second-order valence-electron chi connectivity index (χ2n) is 4.10. The Bertz CT molecular complexity index is 357. The Hall–Kier alpha value is -0.0461. The summed E-state index contributed by atoms with van der Waals surface area (Å²) >= 11 is 0. The van der Waals surface area contributed by atoms with Crippen molar-refractivity contribution in [2.75, 3.05) is 13.2 Å². The Labute approximate surface area is 122 Å². The summed E-state index contributed by atoms with van der Waals surface area (Å²) in [7, 11) is 0. The standard InChI is InChI=1S/C13H16NO.Y/c1-10(2)12-3-4-13(14-9-12)11-5-7-15-8-6-11;/h4-5,9-10H,6-8H2,1-2H3;/q-1;. The Morgan fingerprint density at radius 2 is 2.25 bits per heavy atom. The zero-order valence-electron chi connectivity index (χ0n) is 9.86. The van der Waals surface area contributed by atoms with Gasteiger partial charge in [-0.1, -0.05) is 31.7 Å². The topological polar surface area (TPSA) is 22.1 Å². The third-order valence-corrected chi connectivity index (χ3v) is 2.63. The number of pyridine rings is 1. The van der Waals surface area contributed by atoms with Crippen LogP contribution in [-0.2, 0) is 37.4 Å². The van der Waals surface area contributed by atoms with Gasteiger partial charge in [-0.2, -0.15) is 12.1 Å². The van der Waals surface area contributed by atoms with Gasteiger partial charge in [0.25, 0.3) is 0 Å². The van der Waals surface area contributed by atoms with Gasteiger partial charge in [-0.3, -0.25) is 0 Å². The molecule has 0 saturated heterocycles. The molecule has 0 atom stereocenters. The summed E-state index contributed by atoms with van der Waals surface area (Å²) in [6.45, 7) is 5.82. The maximum atomic E-state index is 5.27. The third-order valence-electron chi connectivity index (χ3n) is 2.63. The summed E-state index contributed by atoms with van der Waals surface area (Å²) < 4.78 is 5.27. The molecule has 0 N–H and O–H groups in total. The third kappa shape index (κ3) is 3.48. The maximum absolute atomic E-state index is 5.27. The van der Waals surface area contributed by atoms with Crippen molar-refractivity contribution >= 4 is 5.57 Å². The molecule has 0 spiro atoms. The van der Waals surface area contributed by atoms with Crippen LogP contribution in [0.1, 0.15) is 37.4 Å². The van der Waals surface area contributed by atoms with E-state index < -0.39 is 0 Å². The summed E-state index contributed by atoms with van der Waals surface area (Å²) in [6, 6.07) is 5.28. The van der Waals surface area contributed by atoms with Crippen LogP contribution in [0.15, 0.2) is 18.3 Å². The fourth-order valence-corrected chi connectivity index (χ4v) is 1.62. The zero-order chi connectivity index (χ0) is 10.7. The van der Waals surface area contributed by atoms with Gasteiger partial charge in [0.15, 0.2) is 0 Å². The second kappa shape index (κ2) is 6.63. The first-order valence-electron chi connectivity index (χ1n) is 5.42. The second-order valence-corrected chi connectivity index (χ2v) is 4.10. The number of nitrogens with zero attached hydrogens (tertiary/aromatic N) is 1. The smallest absolute Gasteiger partial charge is 0.0643 e. The van der Waals surface area contributed by atoms with Crippen LogP contribution in [0.4, 0.5) is 0 Å². The van der Waals surface area contributed by atoms with E-state index in [2.05, 4.69) is 31.0 Å². The molecule has 1 aliphatic heterocycles. The maximum Gasteiger partial charge on any atom is 0.0643 e. The average molecular weight is 291 g/mol. The molecule has 83 valence electrons. The minimum absolute atomic E-state index is 0. The summed E-state index contributed by atoms with van der Waals surface area (Å²) in [6.07, 6.45) is 4.99. The number of ether oxygens (including phenoxy) is 1. The summed E-state index contributed by atoms with van der Waals surface area (Å²) in [5.41, 5.74) is 3.50. The van der Waals surface area contributed by atoms with Crippen molar-refractivity contribution in [3.63, 3.8) is 0 Å². The molecule has 0 unspecified atom stereocenters. The summed E-state index contributed by atoms with van der Waals surface area (Å²) in [4.78, 5) is 4.47. The van der Waals surface area contributed by atoms with Crippen molar-refractivity contribution < 1.29 is 37.4 Å². The van der Waals surface area contributed by atoms with Crippen LogP contribution < -0.4 is 0 Å². The Balaban J connectivity index is 0.00000128. The molecule has 1 aromatic heterocycles. The molecule has 0 amide bonds. The minimum Gasteiger partial charge on any atom is -0.383 e. The van der Waals surface area contributed by atoms with E-state index in [0.29, 0.717) is 12.5 Å². The van der Waals surface area contributed by atoms with Crippen molar-refractivity contribution in [1.29, 1.82) is 0 Å². The van der Waals surface area contributed by atoms with Crippen molar-refractivity contribution in [1.82, 2.24) is 4.98 Å². The van der Waals surface area contributed by atoms with Crippen molar-refractivity contribution in [3.8, 4) is 0 Å². The predicted molar refractivity (Wildman–Crippen MR) is 60.6 cm³/mol. The van der Waals surface area contributed by atoms with Crippen LogP contribution in [0.5, 0.6) is 0 Å². The van der Waals surface area contributed by atoms with Gasteiger partial charge in [0.1, 0.15) is 0 Å². The van der Waals surface area contributed by atoms with Crippen LogP contribution in [0, 0.1) is 6.07 Å². The van der Waals surface area contributed by atoms with E-state index in [1.807, 2.05) is 12.3 Å². The van der Waals surface area contributed by atoms with E-state index in [4.69, 9.17) is 4.74 Å². The van der Waals surface area contributed by atoms with Crippen LogP contribution in [0.25, 0.3) is 5.57 Å². The molecule has 1 aromatic rings. The molecule has 0 aromatic carbocycles. The van der Waals surface area contributed by atoms with Crippen LogP contribution in [-0.4, -0.2) is 18.2 Å². The molecular weight excluding hydrogens is 275 g/mol. The largest absolute Gasteiger partial charge is 0.383 e. The van der Waals surface area contributed by atoms with Crippen molar-refractivity contribution in [2.24, 2.45) is 0 Å². The first-order valence-corrected chi connectivity index (χ1v) is 5.42. The number of aromatic nitrogens is 1. The first-order chi connectivity index (χ1) is 7.27. The van der Waals surface area contributed by atoms with Gasteiger partial charge in [-0.15, -0.1) is 5.56 Å². The molecule has 0 aliphatic carbocycles. The molecule has 1 radical (unpaired) electrons. The van der Waals surface area contributed by atoms with E-state index >= 15 is 0 Å². The van der Waals surface area contributed by atoms with Gasteiger partial charge in [0, 0.05) is 32.7 Å². The van der Waals surface area contributed by atoms with E-state index in [1.54, 1.807) is 0 Å². The molecule has 0 fully saturated rings. The SMILES string of the molecule is CC(C)c1[c-]cc(C2=CCOCC2)nc1.[Y]. The monoisotopic (exact) mass is 291 g/mol. The predicted octanol–water partition coefficient (Wildman–Crippen LogP) is 2.81. The Morgan fingerprint density at radius 1 is 1.44 bits per heavy atom. The molecule has 2 rings (SSSR count). The molecule has 1 aliphatic rings. The fraction of sp³-hybridized carbons (Fsp3) is 0.462. The first kappa shape index (κ1) is 14.0. The molecule has 0 bridgehead atoms. The normalized spacial score (nSPS) is 15.6. The van der Waals surface area contributed by atoms with Gasteiger partial charge < -0.3 is 9.72 Å². The van der Waals surface area contributed by atoms with Crippen molar-refractivity contribution in [2.45, 2.75) is 26.2 Å². The molecule has 2 heterocycles. The zero-order valence-corrected chi connectivity index (χ0v) is 12.7. The Morgan fingerprint density at radius 3 is 2.75 bits per heavy atom. The summed E-state index contributed by atoms with van der Waals surface area (Å²) in [5.74, 6) is 0.496. The number of rotatable bonds is 2.